The third-order valence-electron chi connectivity index (χ3n) is 3.43. The van der Waals surface area contributed by atoms with E-state index in [0.29, 0.717) is 12.0 Å². The van der Waals surface area contributed by atoms with Gasteiger partial charge in [0.1, 0.15) is 17.7 Å². The van der Waals surface area contributed by atoms with Gasteiger partial charge in [0.25, 0.3) is 0 Å². The van der Waals surface area contributed by atoms with Crippen LogP contribution in [0.25, 0.3) is 0 Å². The van der Waals surface area contributed by atoms with E-state index in [4.69, 9.17) is 0 Å². The molecule has 2 aromatic carbocycles. The largest absolute Gasteiger partial charge is 0.345 e. The molecule has 0 radical (unpaired) electrons. The molecule has 0 fully saturated rings. The lowest BCUT2D eigenvalue weighted by Gasteiger charge is -2.14. The van der Waals surface area contributed by atoms with E-state index in [2.05, 4.69) is 10.6 Å². The number of nitrogens with one attached hydrogen (secondary N) is 2. The zero-order valence-corrected chi connectivity index (χ0v) is 13.2. The molecule has 0 heterocycles. The van der Waals surface area contributed by atoms with Crippen molar-refractivity contribution < 1.29 is 18.4 Å². The Kier molecular flexibility index (Phi) is 6.01. The number of para-hydroxylation sites is 1. The maximum Gasteiger partial charge on any atom is 0.246 e. The summed E-state index contributed by atoms with van der Waals surface area (Å²) in [6, 6.07) is 11.0. The van der Waals surface area contributed by atoms with Crippen LogP contribution in [0.5, 0.6) is 0 Å². The first-order valence-corrected chi connectivity index (χ1v) is 7.55. The summed E-state index contributed by atoms with van der Waals surface area (Å²) in [6.45, 7) is 1.51. The van der Waals surface area contributed by atoms with Crippen LogP contribution in [-0.2, 0) is 16.0 Å². The molecule has 0 aliphatic heterocycles. The van der Waals surface area contributed by atoms with Gasteiger partial charge in [-0.25, -0.2) is 8.78 Å². The second-order valence-corrected chi connectivity index (χ2v) is 5.39. The predicted molar refractivity (Wildman–Crippen MR) is 87.4 cm³/mol. The van der Waals surface area contributed by atoms with E-state index >= 15 is 0 Å². The summed E-state index contributed by atoms with van der Waals surface area (Å²) >= 11 is 0. The van der Waals surface area contributed by atoms with Crippen LogP contribution in [0, 0.1) is 11.6 Å². The smallest absolute Gasteiger partial charge is 0.246 e. The lowest BCUT2D eigenvalue weighted by molar-refractivity contribution is -0.126. The maximum absolute atomic E-state index is 13.5. The fourth-order valence-corrected chi connectivity index (χ4v) is 2.13. The van der Waals surface area contributed by atoms with Crippen LogP contribution >= 0.6 is 0 Å². The van der Waals surface area contributed by atoms with E-state index in [1.165, 1.54) is 37.3 Å². The highest BCUT2D eigenvalue weighted by molar-refractivity contribution is 5.96. The fourth-order valence-electron chi connectivity index (χ4n) is 2.13. The van der Waals surface area contributed by atoms with Crippen molar-refractivity contribution in [2.45, 2.75) is 25.8 Å². The number of hydrogen-bond acceptors (Lipinski definition) is 2. The number of hydrogen-bond donors (Lipinski definition) is 2. The first-order valence-electron chi connectivity index (χ1n) is 7.55. The normalized spacial score (nSPS) is 11.6. The number of anilines is 1. The molecule has 0 aliphatic carbocycles. The zero-order chi connectivity index (χ0) is 17.5. The summed E-state index contributed by atoms with van der Waals surface area (Å²) < 4.78 is 26.5. The van der Waals surface area contributed by atoms with Crippen molar-refractivity contribution >= 4 is 17.5 Å². The van der Waals surface area contributed by atoms with Gasteiger partial charge in [0, 0.05) is 6.42 Å². The van der Waals surface area contributed by atoms with Crippen LogP contribution < -0.4 is 10.6 Å². The molecule has 2 amide bonds. The second kappa shape index (κ2) is 8.19. The highest BCUT2D eigenvalue weighted by atomic mass is 19.1. The van der Waals surface area contributed by atoms with Crippen molar-refractivity contribution in [1.82, 2.24) is 5.32 Å². The Morgan fingerprint density at radius 1 is 1.08 bits per heavy atom. The molecule has 0 saturated heterocycles. The van der Waals surface area contributed by atoms with E-state index in [1.807, 2.05) is 0 Å². The summed E-state index contributed by atoms with van der Waals surface area (Å²) in [6.07, 6.45) is 0.492. The number of benzene rings is 2. The predicted octanol–water partition coefficient (Wildman–Crippen LogP) is 3.04. The minimum Gasteiger partial charge on any atom is -0.345 e. The van der Waals surface area contributed by atoms with Gasteiger partial charge < -0.3 is 10.6 Å². The minimum absolute atomic E-state index is 0.0587. The molecular weight excluding hydrogens is 314 g/mol. The molecule has 0 aliphatic rings. The van der Waals surface area contributed by atoms with Crippen molar-refractivity contribution in [3.63, 3.8) is 0 Å². The van der Waals surface area contributed by atoms with Gasteiger partial charge in [0.15, 0.2) is 0 Å². The van der Waals surface area contributed by atoms with Gasteiger partial charge in [-0.2, -0.15) is 0 Å². The van der Waals surface area contributed by atoms with Crippen LogP contribution in [0.2, 0.25) is 0 Å². The standard InChI is InChI=1S/C18H18F2N2O2/c1-12(18(24)22-16-8-3-2-7-15(16)20)21-17(23)10-9-13-5-4-6-14(19)11-13/h2-8,11-12H,9-10H2,1H3,(H,21,23)(H,22,24). The number of carbonyl (C=O) groups is 2. The Bertz CT molecular complexity index is 734. The first kappa shape index (κ1) is 17.6. The summed E-state index contributed by atoms with van der Waals surface area (Å²) in [5.74, 6) is -1.75. The second-order valence-electron chi connectivity index (χ2n) is 5.39. The Morgan fingerprint density at radius 3 is 2.54 bits per heavy atom. The maximum atomic E-state index is 13.5. The third-order valence-corrected chi connectivity index (χ3v) is 3.43. The SMILES string of the molecule is CC(NC(=O)CCc1cccc(F)c1)C(=O)Nc1ccccc1F. The molecule has 2 aromatic rings. The van der Waals surface area contributed by atoms with Crippen LogP contribution in [-0.4, -0.2) is 17.9 Å². The van der Waals surface area contributed by atoms with E-state index < -0.39 is 17.8 Å². The Labute approximate surface area is 138 Å². The number of aryl methyl sites for hydroxylation is 1. The molecular formula is C18H18F2N2O2. The Hall–Kier alpha value is -2.76. The van der Waals surface area contributed by atoms with Gasteiger partial charge in [-0.1, -0.05) is 24.3 Å². The van der Waals surface area contributed by atoms with Crippen LogP contribution in [0.3, 0.4) is 0 Å². The van der Waals surface area contributed by atoms with Gasteiger partial charge in [-0.3, -0.25) is 9.59 Å². The first-order chi connectivity index (χ1) is 11.5. The molecule has 1 atom stereocenters. The monoisotopic (exact) mass is 332 g/mol. The molecule has 24 heavy (non-hydrogen) atoms. The van der Waals surface area contributed by atoms with Gasteiger partial charge in [0.2, 0.25) is 11.8 Å². The van der Waals surface area contributed by atoms with Crippen LogP contribution in [0.15, 0.2) is 48.5 Å². The molecule has 0 aromatic heterocycles. The molecule has 126 valence electrons. The topological polar surface area (TPSA) is 58.2 Å². The van der Waals surface area contributed by atoms with Gasteiger partial charge in [-0.05, 0) is 43.2 Å². The molecule has 2 N–H and O–H groups in total. The number of amides is 2. The quantitative estimate of drug-likeness (QED) is 0.854. The Morgan fingerprint density at radius 2 is 1.83 bits per heavy atom. The van der Waals surface area contributed by atoms with Crippen molar-refractivity contribution in [2.24, 2.45) is 0 Å². The summed E-state index contributed by atoms with van der Waals surface area (Å²) in [5.41, 5.74) is 0.761. The number of carbonyl (C=O) groups excluding carboxylic acids is 2. The lowest BCUT2D eigenvalue weighted by Crippen LogP contribution is -2.41. The van der Waals surface area contributed by atoms with E-state index in [0.717, 1.165) is 0 Å². The van der Waals surface area contributed by atoms with E-state index in [1.54, 1.807) is 18.2 Å². The Balaban J connectivity index is 1.82. The van der Waals surface area contributed by atoms with Gasteiger partial charge in [-0.15, -0.1) is 0 Å². The zero-order valence-electron chi connectivity index (χ0n) is 13.2. The van der Waals surface area contributed by atoms with Gasteiger partial charge in [0.05, 0.1) is 5.69 Å². The highest BCUT2D eigenvalue weighted by Crippen LogP contribution is 2.12. The van der Waals surface area contributed by atoms with Crippen LogP contribution in [0.1, 0.15) is 18.9 Å². The molecule has 6 heteroatoms. The van der Waals surface area contributed by atoms with Crippen LogP contribution in [0.4, 0.5) is 14.5 Å². The van der Waals surface area contributed by atoms with Crippen molar-refractivity contribution in [3.8, 4) is 0 Å². The van der Waals surface area contributed by atoms with E-state index in [9.17, 15) is 18.4 Å². The van der Waals surface area contributed by atoms with Crippen molar-refractivity contribution in [3.05, 3.63) is 65.7 Å². The lowest BCUT2D eigenvalue weighted by atomic mass is 10.1. The minimum atomic E-state index is -0.815. The average Bonchev–Trinajstić information content (AvgIpc) is 2.55. The van der Waals surface area contributed by atoms with Crippen molar-refractivity contribution in [1.29, 1.82) is 0 Å². The molecule has 4 nitrogen and oxygen atoms in total. The molecule has 0 bridgehead atoms. The summed E-state index contributed by atoms with van der Waals surface area (Å²) in [4.78, 5) is 23.9. The molecule has 0 spiro atoms. The van der Waals surface area contributed by atoms with Crippen molar-refractivity contribution in [2.75, 3.05) is 5.32 Å². The molecule has 1 unspecified atom stereocenters. The fraction of sp³-hybridized carbons (Fsp3) is 0.222. The summed E-state index contributed by atoms with van der Waals surface area (Å²) in [7, 11) is 0. The third kappa shape index (κ3) is 5.15. The molecule has 0 saturated carbocycles. The van der Waals surface area contributed by atoms with E-state index in [-0.39, 0.29) is 23.8 Å². The number of halogens is 2. The average molecular weight is 332 g/mol. The van der Waals surface area contributed by atoms with Gasteiger partial charge >= 0.3 is 0 Å². The molecule has 2 rings (SSSR count). The highest BCUT2D eigenvalue weighted by Gasteiger charge is 2.16. The number of rotatable bonds is 6. The summed E-state index contributed by atoms with van der Waals surface area (Å²) in [5, 5.41) is 4.96.